The van der Waals surface area contributed by atoms with Gasteiger partial charge >= 0.3 is 6.01 Å². The zero-order chi connectivity index (χ0) is 25.2. The Balaban J connectivity index is 0.000000967. The maximum atomic E-state index is 9.81. The lowest BCUT2D eigenvalue weighted by atomic mass is 10.1. The van der Waals surface area contributed by atoms with E-state index in [9.17, 15) is 5.26 Å². The van der Waals surface area contributed by atoms with Gasteiger partial charge in [-0.15, -0.1) is 11.3 Å². The Morgan fingerprint density at radius 3 is 2.47 bits per heavy atom. The molecule has 8 nitrogen and oxygen atoms in total. The van der Waals surface area contributed by atoms with Crippen LogP contribution in [0.4, 0.5) is 0 Å². The van der Waals surface area contributed by atoms with Crippen molar-refractivity contribution in [1.82, 2.24) is 25.2 Å². The topological polar surface area (TPSA) is 111 Å². The molecule has 1 aliphatic rings. The van der Waals surface area contributed by atoms with Crippen molar-refractivity contribution in [3.63, 3.8) is 0 Å². The van der Waals surface area contributed by atoms with Gasteiger partial charge in [-0.1, -0.05) is 36.4 Å². The molecule has 4 aromatic rings. The Kier molecular flexibility index (Phi) is 8.90. The smallest absolute Gasteiger partial charge is 0.316 e. The van der Waals surface area contributed by atoms with Crippen LogP contribution in [0.5, 0.6) is 6.01 Å². The summed E-state index contributed by atoms with van der Waals surface area (Å²) in [5, 5.41) is 21.2. The second-order valence-electron chi connectivity index (χ2n) is 8.20. The van der Waals surface area contributed by atoms with Crippen molar-refractivity contribution in [2.45, 2.75) is 26.0 Å². The molecule has 1 fully saturated rings. The molecule has 9 heteroatoms. The molecule has 1 atom stereocenters. The van der Waals surface area contributed by atoms with E-state index in [0.29, 0.717) is 12.3 Å². The molecule has 1 saturated heterocycles. The SMILES string of the molecule is CC#N.N#CC(c1ccnc(OCc2ccc(CN3CCNCC3)cc2)n1)c1nc2ccccc2s1. The number of nitrogens with zero attached hydrogens (tertiary/aromatic N) is 6. The van der Waals surface area contributed by atoms with E-state index in [0.717, 1.165) is 53.5 Å². The van der Waals surface area contributed by atoms with Crippen LogP contribution in [0.15, 0.2) is 60.8 Å². The Morgan fingerprint density at radius 2 is 1.75 bits per heavy atom. The third-order valence-electron chi connectivity index (χ3n) is 5.64. The summed E-state index contributed by atoms with van der Waals surface area (Å²) in [4.78, 5) is 15.8. The number of thiazole rings is 1. The summed E-state index contributed by atoms with van der Waals surface area (Å²) in [5.41, 5.74) is 3.83. The molecule has 0 saturated carbocycles. The number of nitrogens with one attached hydrogen (secondary N) is 1. The molecule has 3 heterocycles. The van der Waals surface area contributed by atoms with E-state index in [1.54, 1.807) is 18.3 Å². The highest BCUT2D eigenvalue weighted by Crippen LogP contribution is 2.31. The first kappa shape index (κ1) is 25.2. The molecule has 1 aliphatic heterocycles. The van der Waals surface area contributed by atoms with Crippen molar-refractivity contribution in [3.8, 4) is 18.1 Å². The number of hydrogen-bond donors (Lipinski definition) is 1. The standard InChI is InChI=1S/C25H24N6OS.C2H3N/c26-15-20(24-29-22-3-1-2-4-23(22)33-24)21-9-10-28-25(30-21)32-17-19-7-5-18(6-8-19)16-31-13-11-27-12-14-31;1-2-3/h1-10,20,27H,11-14,16-17H2;1H3. The molecule has 36 heavy (non-hydrogen) atoms. The summed E-state index contributed by atoms with van der Waals surface area (Å²) < 4.78 is 6.90. The quantitative estimate of drug-likeness (QED) is 0.403. The largest absolute Gasteiger partial charge is 0.459 e. The fraction of sp³-hybridized carbons (Fsp3) is 0.296. The fourth-order valence-corrected chi connectivity index (χ4v) is 4.89. The monoisotopic (exact) mass is 497 g/mol. The number of piperazine rings is 1. The van der Waals surface area contributed by atoms with Crippen molar-refractivity contribution >= 4 is 21.6 Å². The van der Waals surface area contributed by atoms with Crippen LogP contribution in [0.25, 0.3) is 10.2 Å². The normalized spacial score (nSPS) is 14.2. The second kappa shape index (κ2) is 12.7. The van der Waals surface area contributed by atoms with E-state index >= 15 is 0 Å². The van der Waals surface area contributed by atoms with Crippen molar-refractivity contribution in [2.24, 2.45) is 0 Å². The molecule has 0 spiro atoms. The van der Waals surface area contributed by atoms with Gasteiger partial charge in [0.2, 0.25) is 0 Å². The molecule has 1 N–H and O–H groups in total. The van der Waals surface area contributed by atoms with Crippen LogP contribution in [0, 0.1) is 22.7 Å². The van der Waals surface area contributed by atoms with E-state index in [-0.39, 0.29) is 6.01 Å². The van der Waals surface area contributed by atoms with Gasteiger partial charge in [0.1, 0.15) is 17.5 Å². The molecule has 0 radical (unpaired) electrons. The third-order valence-corrected chi connectivity index (χ3v) is 6.75. The molecular formula is C27H27N7OS. The van der Waals surface area contributed by atoms with Gasteiger partial charge in [-0.25, -0.2) is 9.97 Å². The first-order valence-corrected chi connectivity index (χ1v) is 12.5. The highest BCUT2D eigenvalue weighted by molar-refractivity contribution is 7.18. The van der Waals surface area contributed by atoms with E-state index in [4.69, 9.17) is 10.00 Å². The molecule has 0 amide bonds. The van der Waals surface area contributed by atoms with Gasteiger partial charge in [-0.2, -0.15) is 15.5 Å². The van der Waals surface area contributed by atoms with Crippen molar-refractivity contribution < 1.29 is 4.74 Å². The summed E-state index contributed by atoms with van der Waals surface area (Å²) in [5.74, 6) is -0.558. The van der Waals surface area contributed by atoms with Gasteiger partial charge in [-0.05, 0) is 29.3 Å². The Hall–Kier alpha value is -3.89. The van der Waals surface area contributed by atoms with Gasteiger partial charge in [0.05, 0.1) is 28.0 Å². The van der Waals surface area contributed by atoms with Crippen molar-refractivity contribution in [1.29, 1.82) is 10.5 Å². The molecule has 5 rings (SSSR count). The number of ether oxygens (including phenoxy) is 1. The molecule has 0 bridgehead atoms. The molecule has 182 valence electrons. The predicted octanol–water partition coefficient (Wildman–Crippen LogP) is 4.26. The summed E-state index contributed by atoms with van der Waals surface area (Å²) in [7, 11) is 0. The Labute approximate surface area is 214 Å². The summed E-state index contributed by atoms with van der Waals surface area (Å²) in [6.07, 6.45) is 1.63. The predicted molar refractivity (Wildman–Crippen MR) is 139 cm³/mol. The van der Waals surface area contributed by atoms with Crippen LogP contribution in [-0.2, 0) is 13.2 Å². The molecule has 1 unspecified atom stereocenters. The van der Waals surface area contributed by atoms with Crippen LogP contribution in [0.1, 0.15) is 34.7 Å². The zero-order valence-electron chi connectivity index (χ0n) is 20.1. The van der Waals surface area contributed by atoms with Gasteiger partial charge in [0.15, 0.2) is 0 Å². The van der Waals surface area contributed by atoms with Crippen LogP contribution in [-0.4, -0.2) is 46.0 Å². The third kappa shape index (κ3) is 6.61. The minimum Gasteiger partial charge on any atom is -0.459 e. The average molecular weight is 498 g/mol. The zero-order valence-corrected chi connectivity index (χ0v) is 20.9. The molecular weight excluding hydrogens is 470 g/mol. The molecule has 2 aromatic heterocycles. The Morgan fingerprint density at radius 1 is 1.03 bits per heavy atom. The first-order chi connectivity index (χ1) is 17.7. The van der Waals surface area contributed by atoms with Crippen molar-refractivity contribution in [3.05, 3.63) is 82.6 Å². The van der Waals surface area contributed by atoms with Gasteiger partial charge < -0.3 is 10.1 Å². The minimum absolute atomic E-state index is 0.263. The fourth-order valence-electron chi connectivity index (χ4n) is 3.86. The lowest BCUT2D eigenvalue weighted by molar-refractivity contribution is 0.233. The van der Waals surface area contributed by atoms with E-state index in [1.165, 1.54) is 23.8 Å². The number of nitriles is 2. The summed E-state index contributed by atoms with van der Waals surface area (Å²) in [6.45, 7) is 7.04. The number of aromatic nitrogens is 3. The summed E-state index contributed by atoms with van der Waals surface area (Å²) >= 11 is 1.51. The molecule has 0 aliphatic carbocycles. The van der Waals surface area contributed by atoms with E-state index < -0.39 is 5.92 Å². The van der Waals surface area contributed by atoms with E-state index in [2.05, 4.69) is 55.5 Å². The molecule has 2 aromatic carbocycles. The van der Waals surface area contributed by atoms with Crippen LogP contribution in [0.3, 0.4) is 0 Å². The van der Waals surface area contributed by atoms with E-state index in [1.807, 2.05) is 24.3 Å². The minimum atomic E-state index is -0.558. The average Bonchev–Trinajstić information content (AvgIpc) is 3.34. The lowest BCUT2D eigenvalue weighted by Gasteiger charge is -2.27. The first-order valence-electron chi connectivity index (χ1n) is 11.7. The van der Waals surface area contributed by atoms with Crippen LogP contribution >= 0.6 is 11.3 Å². The number of rotatable bonds is 7. The van der Waals surface area contributed by atoms with Gasteiger partial charge in [0, 0.05) is 45.8 Å². The van der Waals surface area contributed by atoms with Crippen LogP contribution < -0.4 is 10.1 Å². The van der Waals surface area contributed by atoms with Crippen LogP contribution in [0.2, 0.25) is 0 Å². The maximum absolute atomic E-state index is 9.81. The lowest BCUT2D eigenvalue weighted by Crippen LogP contribution is -2.42. The summed E-state index contributed by atoms with van der Waals surface area (Å²) in [6, 6.07) is 22.4. The Bertz CT molecular complexity index is 1320. The second-order valence-corrected chi connectivity index (χ2v) is 9.26. The van der Waals surface area contributed by atoms with Gasteiger partial charge in [0.25, 0.3) is 0 Å². The maximum Gasteiger partial charge on any atom is 0.316 e. The van der Waals surface area contributed by atoms with Gasteiger partial charge in [-0.3, -0.25) is 4.90 Å². The number of para-hydroxylation sites is 1. The number of benzene rings is 2. The highest BCUT2D eigenvalue weighted by atomic mass is 32.1. The van der Waals surface area contributed by atoms with Crippen molar-refractivity contribution in [2.75, 3.05) is 26.2 Å². The number of hydrogen-bond acceptors (Lipinski definition) is 9. The highest BCUT2D eigenvalue weighted by Gasteiger charge is 2.20. The number of fused-ring (bicyclic) bond motifs is 1.